The van der Waals surface area contributed by atoms with Gasteiger partial charge in [0.25, 0.3) is 5.91 Å². The molecule has 2 amide bonds. The molecule has 0 aromatic heterocycles. The molecule has 2 aromatic carbocycles. The number of amides is 2. The van der Waals surface area contributed by atoms with E-state index in [0.29, 0.717) is 32.5 Å². The topological polar surface area (TPSA) is 53.1 Å². The van der Waals surface area contributed by atoms with E-state index in [-0.39, 0.29) is 23.3 Å². The molecule has 0 atom stereocenters. The van der Waals surface area contributed by atoms with E-state index in [1.165, 1.54) is 12.1 Å². The number of benzene rings is 2. The number of rotatable bonds is 5. The molecule has 9 heteroatoms. The number of morpholine rings is 1. The third-order valence-electron chi connectivity index (χ3n) is 6.70. The monoisotopic (exact) mass is 489 g/mol. The summed E-state index contributed by atoms with van der Waals surface area (Å²) >= 11 is 0. The molecule has 0 saturated carbocycles. The highest BCUT2D eigenvalue weighted by Crippen LogP contribution is 2.29. The lowest BCUT2D eigenvalue weighted by atomic mass is 9.94. The molecule has 0 radical (unpaired) electrons. The average Bonchev–Trinajstić information content (AvgIpc) is 2.88. The lowest BCUT2D eigenvalue weighted by Gasteiger charge is -2.33. The summed E-state index contributed by atoms with van der Waals surface area (Å²) in [5, 5.41) is 0. The van der Waals surface area contributed by atoms with Crippen molar-refractivity contribution in [3.05, 3.63) is 65.2 Å². The smallest absolute Gasteiger partial charge is 0.378 e. The van der Waals surface area contributed by atoms with Crippen LogP contribution in [0.15, 0.2) is 48.5 Å². The van der Waals surface area contributed by atoms with Crippen molar-refractivity contribution < 1.29 is 27.5 Å². The van der Waals surface area contributed by atoms with Crippen LogP contribution in [-0.2, 0) is 22.3 Å². The van der Waals surface area contributed by atoms with E-state index in [1.807, 2.05) is 12.1 Å². The molecule has 0 unspecified atom stereocenters. The molecule has 2 aliphatic rings. The minimum absolute atomic E-state index is 0.0453. The second kappa shape index (κ2) is 10.7. The minimum atomic E-state index is -4.43. The van der Waals surface area contributed by atoms with Gasteiger partial charge in [0.05, 0.1) is 18.8 Å². The second-order valence-corrected chi connectivity index (χ2v) is 9.10. The molecule has 2 saturated heterocycles. The summed E-state index contributed by atoms with van der Waals surface area (Å²) in [5.41, 5.74) is 1.64. The van der Waals surface area contributed by atoms with E-state index in [2.05, 4.69) is 17.0 Å². The first kappa shape index (κ1) is 25.0. The fourth-order valence-corrected chi connectivity index (χ4v) is 4.61. The van der Waals surface area contributed by atoms with E-state index in [9.17, 15) is 22.8 Å². The van der Waals surface area contributed by atoms with Crippen LogP contribution in [-0.4, -0.2) is 68.1 Å². The third-order valence-corrected chi connectivity index (χ3v) is 6.70. The van der Waals surface area contributed by atoms with Crippen molar-refractivity contribution in [2.75, 3.05) is 51.3 Å². The van der Waals surface area contributed by atoms with Gasteiger partial charge in [-0.15, -0.1) is 0 Å². The zero-order valence-corrected chi connectivity index (χ0v) is 19.8. The number of hydrogen-bond acceptors (Lipinski definition) is 4. The Hall–Kier alpha value is -3.07. The van der Waals surface area contributed by atoms with Crippen LogP contribution >= 0.6 is 0 Å². The van der Waals surface area contributed by atoms with Crippen molar-refractivity contribution in [1.82, 2.24) is 9.80 Å². The number of hydrogen-bond donors (Lipinski definition) is 0. The summed E-state index contributed by atoms with van der Waals surface area (Å²) in [7, 11) is 1.79. The molecule has 0 spiro atoms. The SMILES string of the molecule is CN(Cc1ccc(N2CCOCC2)cc1)C(=O)C1CCN(C(=O)c2ccc(C(F)(F)F)cc2)CC1. The van der Waals surface area contributed by atoms with Crippen LogP contribution < -0.4 is 4.90 Å². The molecular weight excluding hydrogens is 459 g/mol. The normalized spacial score (nSPS) is 17.4. The predicted octanol–water partition coefficient (Wildman–Crippen LogP) is 4.05. The highest BCUT2D eigenvalue weighted by molar-refractivity contribution is 5.94. The van der Waals surface area contributed by atoms with Gasteiger partial charge in [0, 0.05) is 56.9 Å². The van der Waals surface area contributed by atoms with E-state index in [1.54, 1.807) is 16.8 Å². The Bertz CT molecular complexity index is 1010. The number of nitrogens with zero attached hydrogens (tertiary/aromatic N) is 3. The lowest BCUT2D eigenvalue weighted by Crippen LogP contribution is -2.43. The number of ether oxygens (including phenoxy) is 1. The summed E-state index contributed by atoms with van der Waals surface area (Å²) in [6, 6.07) is 12.5. The number of piperidine rings is 1. The van der Waals surface area contributed by atoms with Crippen LogP contribution in [0.4, 0.5) is 18.9 Å². The van der Waals surface area contributed by atoms with Gasteiger partial charge in [0.1, 0.15) is 0 Å². The quantitative estimate of drug-likeness (QED) is 0.636. The predicted molar refractivity (Wildman–Crippen MR) is 126 cm³/mol. The number of likely N-dealkylation sites (tertiary alicyclic amines) is 1. The van der Waals surface area contributed by atoms with Gasteiger partial charge in [-0.3, -0.25) is 9.59 Å². The molecule has 6 nitrogen and oxygen atoms in total. The van der Waals surface area contributed by atoms with Crippen LogP contribution in [0.1, 0.15) is 34.3 Å². The van der Waals surface area contributed by atoms with Crippen molar-refractivity contribution in [2.45, 2.75) is 25.6 Å². The van der Waals surface area contributed by atoms with E-state index >= 15 is 0 Å². The number of anilines is 1. The Morgan fingerprint density at radius 2 is 1.54 bits per heavy atom. The van der Waals surface area contributed by atoms with Crippen molar-refractivity contribution in [3.8, 4) is 0 Å². The summed E-state index contributed by atoms with van der Waals surface area (Å²) in [6.07, 6.45) is -3.37. The summed E-state index contributed by atoms with van der Waals surface area (Å²) in [6.45, 7) is 4.51. The van der Waals surface area contributed by atoms with Crippen molar-refractivity contribution in [1.29, 1.82) is 0 Å². The van der Waals surface area contributed by atoms with Crippen LogP contribution in [0.5, 0.6) is 0 Å². The second-order valence-electron chi connectivity index (χ2n) is 9.10. The van der Waals surface area contributed by atoms with Gasteiger partial charge in [-0.05, 0) is 54.8 Å². The molecule has 0 aliphatic carbocycles. The summed E-state index contributed by atoms with van der Waals surface area (Å²) in [4.78, 5) is 31.3. The Morgan fingerprint density at radius 1 is 0.943 bits per heavy atom. The minimum Gasteiger partial charge on any atom is -0.378 e. The fourth-order valence-electron chi connectivity index (χ4n) is 4.61. The maximum atomic E-state index is 13.0. The first-order valence-corrected chi connectivity index (χ1v) is 11.9. The first-order valence-electron chi connectivity index (χ1n) is 11.9. The van der Waals surface area contributed by atoms with Crippen LogP contribution in [0, 0.1) is 5.92 Å². The Balaban J connectivity index is 1.27. The zero-order valence-electron chi connectivity index (χ0n) is 19.8. The number of alkyl halides is 3. The van der Waals surface area contributed by atoms with Crippen LogP contribution in [0.3, 0.4) is 0 Å². The molecule has 2 heterocycles. The highest BCUT2D eigenvalue weighted by Gasteiger charge is 2.32. The molecule has 0 bridgehead atoms. The molecular formula is C26H30F3N3O3. The molecule has 2 aromatic rings. The van der Waals surface area contributed by atoms with Gasteiger partial charge < -0.3 is 19.4 Å². The van der Waals surface area contributed by atoms with Crippen molar-refractivity contribution in [2.24, 2.45) is 5.92 Å². The first-order chi connectivity index (χ1) is 16.7. The highest BCUT2D eigenvalue weighted by atomic mass is 19.4. The Labute approximate surface area is 203 Å². The fraction of sp³-hybridized carbons (Fsp3) is 0.462. The van der Waals surface area contributed by atoms with E-state index in [4.69, 9.17) is 4.74 Å². The molecule has 4 rings (SSSR count). The standard InChI is InChI=1S/C26H30F3N3O3/c1-30(18-19-2-8-23(9-3-19)31-14-16-35-17-15-31)24(33)21-10-12-32(13-11-21)25(34)20-4-6-22(7-5-20)26(27,28)29/h2-9,21H,10-18H2,1H3. The van der Waals surface area contributed by atoms with Crippen LogP contribution in [0.25, 0.3) is 0 Å². The zero-order chi connectivity index (χ0) is 25.0. The Morgan fingerprint density at radius 3 is 2.11 bits per heavy atom. The number of halogens is 3. The maximum absolute atomic E-state index is 13.0. The van der Waals surface area contributed by atoms with Gasteiger partial charge in [-0.1, -0.05) is 12.1 Å². The summed E-state index contributed by atoms with van der Waals surface area (Å²) < 4.78 is 43.7. The third kappa shape index (κ3) is 6.14. The van der Waals surface area contributed by atoms with E-state index in [0.717, 1.165) is 49.7 Å². The van der Waals surface area contributed by atoms with E-state index < -0.39 is 11.7 Å². The van der Waals surface area contributed by atoms with Crippen molar-refractivity contribution >= 4 is 17.5 Å². The van der Waals surface area contributed by atoms with Crippen LogP contribution in [0.2, 0.25) is 0 Å². The van der Waals surface area contributed by atoms with Gasteiger partial charge in [-0.2, -0.15) is 13.2 Å². The maximum Gasteiger partial charge on any atom is 0.416 e. The molecule has 188 valence electrons. The summed E-state index contributed by atoms with van der Waals surface area (Å²) in [5.74, 6) is -0.438. The van der Waals surface area contributed by atoms with Gasteiger partial charge in [-0.25, -0.2) is 0 Å². The molecule has 2 aliphatic heterocycles. The van der Waals surface area contributed by atoms with Gasteiger partial charge in [0.15, 0.2) is 0 Å². The van der Waals surface area contributed by atoms with Gasteiger partial charge in [0.2, 0.25) is 5.91 Å². The number of carbonyl (C=O) groups is 2. The Kier molecular flexibility index (Phi) is 7.64. The largest absolute Gasteiger partial charge is 0.416 e. The molecule has 2 fully saturated rings. The lowest BCUT2D eigenvalue weighted by molar-refractivity contribution is -0.137. The average molecular weight is 490 g/mol. The molecule has 0 N–H and O–H groups in total. The van der Waals surface area contributed by atoms with Gasteiger partial charge >= 0.3 is 6.18 Å². The number of carbonyl (C=O) groups excluding carboxylic acids is 2. The van der Waals surface area contributed by atoms with Crippen molar-refractivity contribution in [3.63, 3.8) is 0 Å². The molecule has 35 heavy (non-hydrogen) atoms.